The van der Waals surface area contributed by atoms with Crippen LogP contribution in [0.3, 0.4) is 0 Å². The topological polar surface area (TPSA) is 63.6 Å². The van der Waals surface area contributed by atoms with Crippen molar-refractivity contribution in [3.8, 4) is 0 Å². The van der Waals surface area contributed by atoms with Crippen LogP contribution in [0.15, 0.2) is 48.6 Å². The Bertz CT molecular complexity index is 659. The molecule has 0 saturated heterocycles. The number of ether oxygens (including phenoxy) is 1. The molecule has 1 unspecified atom stereocenters. The minimum atomic E-state index is -0.827. The van der Waals surface area contributed by atoms with Crippen molar-refractivity contribution in [1.82, 2.24) is 0 Å². The molecule has 4 nitrogen and oxygen atoms in total. The SMILES string of the molecule is CC/C=C\C/C=C\C/C=C\C/C=C\CCCCC(=O)OC(CCCCCCCCCCCC)CCC(=O)O. The molecule has 0 radical (unpaired) electrons. The molecule has 218 valence electrons. The number of rotatable bonds is 27. The molecule has 4 heteroatoms. The average Bonchev–Trinajstić information content (AvgIpc) is 2.90. The van der Waals surface area contributed by atoms with E-state index in [-0.39, 0.29) is 18.5 Å². The highest BCUT2D eigenvalue weighted by Gasteiger charge is 2.15. The van der Waals surface area contributed by atoms with Crippen molar-refractivity contribution in [2.45, 2.75) is 155 Å². The van der Waals surface area contributed by atoms with Gasteiger partial charge in [0, 0.05) is 12.8 Å². The predicted octanol–water partition coefficient (Wildman–Crippen LogP) is 10.4. The minimum Gasteiger partial charge on any atom is -0.481 e. The minimum absolute atomic E-state index is 0.0571. The summed E-state index contributed by atoms with van der Waals surface area (Å²) in [5.41, 5.74) is 0. The number of unbranched alkanes of at least 4 members (excludes halogenated alkanes) is 11. The van der Waals surface area contributed by atoms with E-state index in [2.05, 4.69) is 62.5 Å². The van der Waals surface area contributed by atoms with E-state index in [9.17, 15) is 9.59 Å². The van der Waals surface area contributed by atoms with Crippen LogP contribution in [0.2, 0.25) is 0 Å². The summed E-state index contributed by atoms with van der Waals surface area (Å²) in [4.78, 5) is 23.3. The first-order valence-corrected chi connectivity index (χ1v) is 15.6. The third kappa shape index (κ3) is 28.5. The number of carbonyl (C=O) groups is 2. The van der Waals surface area contributed by atoms with E-state index in [1.54, 1.807) is 0 Å². The lowest BCUT2D eigenvalue weighted by atomic mass is 10.0. The molecular formula is C34H58O4. The van der Waals surface area contributed by atoms with Crippen LogP contribution in [0.25, 0.3) is 0 Å². The van der Waals surface area contributed by atoms with Crippen LogP contribution in [-0.4, -0.2) is 23.1 Å². The maximum Gasteiger partial charge on any atom is 0.306 e. The van der Waals surface area contributed by atoms with E-state index in [1.807, 2.05) is 0 Å². The van der Waals surface area contributed by atoms with E-state index >= 15 is 0 Å². The van der Waals surface area contributed by atoms with Crippen molar-refractivity contribution in [3.63, 3.8) is 0 Å². The molecule has 0 aliphatic heterocycles. The summed E-state index contributed by atoms with van der Waals surface area (Å²) in [6.07, 6.45) is 38.3. The van der Waals surface area contributed by atoms with Gasteiger partial charge in [-0.1, -0.05) is 120 Å². The lowest BCUT2D eigenvalue weighted by molar-refractivity contribution is -0.151. The zero-order chi connectivity index (χ0) is 27.9. The van der Waals surface area contributed by atoms with Crippen molar-refractivity contribution in [3.05, 3.63) is 48.6 Å². The van der Waals surface area contributed by atoms with Crippen LogP contribution in [-0.2, 0) is 14.3 Å². The van der Waals surface area contributed by atoms with Gasteiger partial charge in [0.1, 0.15) is 6.10 Å². The smallest absolute Gasteiger partial charge is 0.306 e. The first-order valence-electron chi connectivity index (χ1n) is 15.6. The van der Waals surface area contributed by atoms with Crippen LogP contribution in [0.4, 0.5) is 0 Å². The Morgan fingerprint density at radius 3 is 1.68 bits per heavy atom. The molecule has 0 aromatic rings. The molecule has 0 rings (SSSR count). The third-order valence-electron chi connectivity index (χ3n) is 6.58. The molecule has 0 saturated carbocycles. The van der Waals surface area contributed by atoms with Gasteiger partial charge in [0.2, 0.25) is 0 Å². The molecule has 0 aliphatic carbocycles. The standard InChI is InChI=1S/C34H58O4/c1-3-5-7-9-11-13-15-16-17-18-19-21-23-25-27-29-34(37)38-32(30-31-33(35)36)28-26-24-22-20-14-12-10-8-6-4-2/h5,7,11,13,16-17,19,21,32H,3-4,6,8-10,12,14-15,18,20,22-31H2,1-2H3,(H,35,36)/b7-5-,13-11-,17-16-,21-19-. The van der Waals surface area contributed by atoms with E-state index in [0.717, 1.165) is 64.2 Å². The van der Waals surface area contributed by atoms with E-state index in [0.29, 0.717) is 12.8 Å². The Labute approximate surface area is 234 Å². The molecule has 0 amide bonds. The fourth-order valence-electron chi connectivity index (χ4n) is 4.28. The van der Waals surface area contributed by atoms with Gasteiger partial charge in [-0.3, -0.25) is 9.59 Å². The summed E-state index contributed by atoms with van der Waals surface area (Å²) in [6, 6.07) is 0. The Hall–Kier alpha value is -2.10. The number of allylic oxidation sites excluding steroid dienone is 8. The fourth-order valence-corrected chi connectivity index (χ4v) is 4.28. The van der Waals surface area contributed by atoms with Gasteiger partial charge < -0.3 is 9.84 Å². The maximum atomic E-state index is 12.3. The molecule has 0 fully saturated rings. The number of aliphatic carboxylic acids is 1. The number of carbonyl (C=O) groups excluding carboxylic acids is 1. The molecule has 1 atom stereocenters. The number of hydrogen-bond donors (Lipinski definition) is 1. The quantitative estimate of drug-likeness (QED) is 0.0651. The van der Waals surface area contributed by atoms with Crippen molar-refractivity contribution < 1.29 is 19.4 Å². The highest BCUT2D eigenvalue weighted by molar-refractivity contribution is 5.69. The Balaban J connectivity index is 3.92. The van der Waals surface area contributed by atoms with E-state index in [1.165, 1.54) is 51.4 Å². The second kappa shape index (κ2) is 29.5. The van der Waals surface area contributed by atoms with Crippen molar-refractivity contribution in [2.75, 3.05) is 0 Å². The van der Waals surface area contributed by atoms with Crippen LogP contribution in [0.1, 0.15) is 149 Å². The number of carboxylic acid groups (broad SMARTS) is 1. The van der Waals surface area contributed by atoms with Crippen LogP contribution >= 0.6 is 0 Å². The molecule has 38 heavy (non-hydrogen) atoms. The Kier molecular flexibility index (Phi) is 27.8. The van der Waals surface area contributed by atoms with Crippen molar-refractivity contribution in [1.29, 1.82) is 0 Å². The zero-order valence-corrected chi connectivity index (χ0v) is 24.7. The predicted molar refractivity (Wildman–Crippen MR) is 162 cm³/mol. The maximum absolute atomic E-state index is 12.3. The van der Waals surface area contributed by atoms with Crippen LogP contribution < -0.4 is 0 Å². The summed E-state index contributed by atoms with van der Waals surface area (Å²) in [5, 5.41) is 9.04. The number of esters is 1. The van der Waals surface area contributed by atoms with Gasteiger partial charge in [0.05, 0.1) is 0 Å². The van der Waals surface area contributed by atoms with E-state index < -0.39 is 5.97 Å². The number of hydrogen-bond acceptors (Lipinski definition) is 3. The first kappa shape index (κ1) is 35.9. The third-order valence-corrected chi connectivity index (χ3v) is 6.58. The molecule has 1 N–H and O–H groups in total. The Morgan fingerprint density at radius 1 is 0.605 bits per heavy atom. The molecule has 0 bridgehead atoms. The average molecular weight is 531 g/mol. The second-order valence-corrected chi connectivity index (χ2v) is 10.3. The van der Waals surface area contributed by atoms with Crippen LogP contribution in [0.5, 0.6) is 0 Å². The summed E-state index contributed by atoms with van der Waals surface area (Å²) < 4.78 is 5.66. The zero-order valence-electron chi connectivity index (χ0n) is 24.7. The van der Waals surface area contributed by atoms with Gasteiger partial charge in [-0.2, -0.15) is 0 Å². The summed E-state index contributed by atoms with van der Waals surface area (Å²) in [7, 11) is 0. The molecule has 0 heterocycles. The van der Waals surface area contributed by atoms with Crippen molar-refractivity contribution >= 4 is 11.9 Å². The fraction of sp³-hybridized carbons (Fsp3) is 0.706. The lowest BCUT2D eigenvalue weighted by Crippen LogP contribution is -2.19. The van der Waals surface area contributed by atoms with Crippen LogP contribution in [0, 0.1) is 0 Å². The van der Waals surface area contributed by atoms with Gasteiger partial charge in [-0.05, 0) is 64.2 Å². The molecule has 0 aromatic carbocycles. The summed E-state index contributed by atoms with van der Waals surface area (Å²) in [5.74, 6) is -1.01. The van der Waals surface area contributed by atoms with Gasteiger partial charge in [0.25, 0.3) is 0 Å². The lowest BCUT2D eigenvalue weighted by Gasteiger charge is -2.17. The normalized spacial score (nSPS) is 12.9. The van der Waals surface area contributed by atoms with Gasteiger partial charge in [-0.25, -0.2) is 0 Å². The first-order chi connectivity index (χ1) is 18.6. The van der Waals surface area contributed by atoms with Gasteiger partial charge in [-0.15, -0.1) is 0 Å². The summed E-state index contributed by atoms with van der Waals surface area (Å²) in [6.45, 7) is 4.39. The highest BCUT2D eigenvalue weighted by atomic mass is 16.5. The van der Waals surface area contributed by atoms with Gasteiger partial charge >= 0.3 is 11.9 Å². The monoisotopic (exact) mass is 530 g/mol. The molecule has 0 spiro atoms. The molecular weight excluding hydrogens is 472 g/mol. The van der Waals surface area contributed by atoms with Crippen molar-refractivity contribution in [2.24, 2.45) is 0 Å². The highest BCUT2D eigenvalue weighted by Crippen LogP contribution is 2.16. The summed E-state index contributed by atoms with van der Waals surface area (Å²) >= 11 is 0. The Morgan fingerprint density at radius 2 is 1.13 bits per heavy atom. The molecule has 0 aromatic heterocycles. The van der Waals surface area contributed by atoms with E-state index in [4.69, 9.17) is 9.84 Å². The largest absolute Gasteiger partial charge is 0.481 e. The number of carboxylic acids is 1. The molecule has 0 aliphatic rings. The van der Waals surface area contributed by atoms with Gasteiger partial charge in [0.15, 0.2) is 0 Å². The second-order valence-electron chi connectivity index (χ2n) is 10.3.